The summed E-state index contributed by atoms with van der Waals surface area (Å²) >= 11 is 0. The van der Waals surface area contributed by atoms with Crippen LogP contribution in [0.5, 0.6) is 0 Å². The van der Waals surface area contributed by atoms with Gasteiger partial charge in [-0.3, -0.25) is 0 Å². The minimum absolute atomic E-state index is 0.392. The van der Waals surface area contributed by atoms with Crippen molar-refractivity contribution in [3.63, 3.8) is 0 Å². The lowest BCUT2D eigenvalue weighted by atomic mass is 10.2. The van der Waals surface area contributed by atoms with Gasteiger partial charge in [-0.1, -0.05) is 12.1 Å². The lowest BCUT2D eigenvalue weighted by Gasteiger charge is -2.04. The average Bonchev–Trinajstić information content (AvgIpc) is 2.36. The van der Waals surface area contributed by atoms with Crippen LogP contribution in [0.15, 0.2) is 46.6 Å². The van der Waals surface area contributed by atoms with Crippen LogP contribution >= 0.6 is 0 Å². The summed E-state index contributed by atoms with van der Waals surface area (Å²) < 4.78 is 0. The molecule has 0 aromatic heterocycles. The van der Waals surface area contributed by atoms with Crippen LogP contribution in [0.25, 0.3) is 0 Å². The Balaban J connectivity index is 2.36. The fourth-order valence-electron chi connectivity index (χ4n) is 1.42. The monoisotopic (exact) mass is 242 g/mol. The molecule has 2 rings (SSSR count). The van der Waals surface area contributed by atoms with Gasteiger partial charge in [-0.25, -0.2) is 0 Å². The highest BCUT2D eigenvalue weighted by Crippen LogP contribution is 2.32. The van der Waals surface area contributed by atoms with Crippen molar-refractivity contribution >= 4 is 34.1 Å². The van der Waals surface area contributed by atoms with Gasteiger partial charge in [0.15, 0.2) is 0 Å². The zero-order valence-electron chi connectivity index (χ0n) is 9.67. The van der Waals surface area contributed by atoms with Crippen LogP contribution in [0.4, 0.5) is 34.1 Å². The normalized spacial score (nSPS) is 10.9. The van der Waals surface area contributed by atoms with Gasteiger partial charge in [0, 0.05) is 0 Å². The third-order valence-corrected chi connectivity index (χ3v) is 2.50. The van der Waals surface area contributed by atoms with Crippen molar-refractivity contribution in [3.8, 4) is 0 Å². The molecule has 6 nitrogen and oxygen atoms in total. The fraction of sp³-hybridized carbons (Fsp3) is 0. The van der Waals surface area contributed by atoms with Crippen molar-refractivity contribution in [1.82, 2.24) is 0 Å². The summed E-state index contributed by atoms with van der Waals surface area (Å²) in [5.41, 5.74) is 25.6. The van der Waals surface area contributed by atoms with E-state index in [4.69, 9.17) is 22.9 Å². The Morgan fingerprint density at radius 3 is 1.39 bits per heavy atom. The maximum Gasteiger partial charge on any atom is 0.111 e. The van der Waals surface area contributed by atoms with Gasteiger partial charge in [-0.15, -0.1) is 10.2 Å². The van der Waals surface area contributed by atoms with Crippen molar-refractivity contribution in [2.45, 2.75) is 0 Å². The topological polar surface area (TPSA) is 129 Å². The van der Waals surface area contributed by atoms with Crippen molar-refractivity contribution in [2.24, 2.45) is 10.2 Å². The number of nitrogens with zero attached hydrogens (tertiary/aromatic N) is 2. The molecule has 0 heterocycles. The van der Waals surface area contributed by atoms with E-state index < -0.39 is 0 Å². The minimum Gasteiger partial charge on any atom is -0.397 e. The molecule has 0 radical (unpaired) electrons. The summed E-state index contributed by atoms with van der Waals surface area (Å²) in [5.74, 6) is 0. The number of para-hydroxylation sites is 2. The van der Waals surface area contributed by atoms with Gasteiger partial charge in [-0.2, -0.15) is 0 Å². The smallest absolute Gasteiger partial charge is 0.111 e. The molecule has 0 unspecified atom stereocenters. The molecule has 0 atom stereocenters. The predicted molar refractivity (Wildman–Crippen MR) is 74.7 cm³/mol. The quantitative estimate of drug-likeness (QED) is 0.476. The molecule has 0 aliphatic heterocycles. The van der Waals surface area contributed by atoms with E-state index in [2.05, 4.69) is 10.2 Å². The van der Waals surface area contributed by atoms with E-state index in [1.54, 1.807) is 36.4 Å². The first kappa shape index (κ1) is 11.7. The second kappa shape index (κ2) is 4.62. The molecular formula is C12H14N6. The molecule has 0 bridgehead atoms. The first-order valence-corrected chi connectivity index (χ1v) is 5.29. The van der Waals surface area contributed by atoms with E-state index in [0.717, 1.165) is 0 Å². The van der Waals surface area contributed by atoms with Gasteiger partial charge in [0.05, 0.1) is 22.7 Å². The summed E-state index contributed by atoms with van der Waals surface area (Å²) in [4.78, 5) is 0. The van der Waals surface area contributed by atoms with Gasteiger partial charge < -0.3 is 22.9 Å². The summed E-state index contributed by atoms with van der Waals surface area (Å²) in [6.45, 7) is 0. The number of hydrogen-bond donors (Lipinski definition) is 4. The average molecular weight is 242 g/mol. The highest BCUT2D eigenvalue weighted by atomic mass is 15.1. The predicted octanol–water partition coefficient (Wildman–Crippen LogP) is 2.43. The molecule has 0 fully saturated rings. The summed E-state index contributed by atoms with van der Waals surface area (Å²) in [6.07, 6.45) is 0. The largest absolute Gasteiger partial charge is 0.397 e. The molecule has 0 spiro atoms. The van der Waals surface area contributed by atoms with E-state index in [-0.39, 0.29) is 0 Å². The number of nitrogen functional groups attached to an aromatic ring is 4. The summed E-state index contributed by atoms with van der Waals surface area (Å²) in [5, 5.41) is 8.05. The number of rotatable bonds is 2. The fourth-order valence-corrected chi connectivity index (χ4v) is 1.42. The Labute approximate surface area is 104 Å². The first-order valence-electron chi connectivity index (χ1n) is 5.29. The van der Waals surface area contributed by atoms with Crippen molar-refractivity contribution in [1.29, 1.82) is 0 Å². The maximum absolute atomic E-state index is 5.78. The zero-order chi connectivity index (χ0) is 13.1. The Morgan fingerprint density at radius 2 is 1.00 bits per heavy atom. The Hall–Kier alpha value is -2.76. The number of nitrogens with two attached hydrogens (primary N) is 4. The molecule has 0 saturated heterocycles. The zero-order valence-corrected chi connectivity index (χ0v) is 9.67. The molecule has 0 aliphatic rings. The van der Waals surface area contributed by atoms with E-state index in [1.165, 1.54) is 0 Å². The van der Waals surface area contributed by atoms with Crippen LogP contribution in [0.1, 0.15) is 0 Å². The Morgan fingerprint density at radius 1 is 0.611 bits per heavy atom. The molecule has 92 valence electrons. The van der Waals surface area contributed by atoms with E-state index >= 15 is 0 Å². The maximum atomic E-state index is 5.78. The van der Waals surface area contributed by atoms with E-state index in [1.807, 2.05) is 0 Å². The van der Waals surface area contributed by atoms with E-state index in [9.17, 15) is 0 Å². The number of azo groups is 1. The molecule has 2 aromatic carbocycles. The van der Waals surface area contributed by atoms with Gasteiger partial charge in [-0.05, 0) is 24.3 Å². The third kappa shape index (κ3) is 2.17. The Kier molecular flexibility index (Phi) is 3.01. The standard InChI is InChI=1S/C12H14N6/c13-7-3-1-5-9(11(7)15)17-18-10-6-2-4-8(14)12(10)16/h1-6H,13-16H2/b18-17+. The number of anilines is 4. The SMILES string of the molecule is Nc1cccc(/N=N/c2cccc(N)c2N)c1N. The molecule has 18 heavy (non-hydrogen) atoms. The lowest BCUT2D eigenvalue weighted by molar-refractivity contribution is 1.24. The highest BCUT2D eigenvalue weighted by molar-refractivity contribution is 5.78. The van der Waals surface area contributed by atoms with Crippen molar-refractivity contribution in [2.75, 3.05) is 22.9 Å². The van der Waals surface area contributed by atoms with Crippen LogP contribution in [-0.4, -0.2) is 0 Å². The molecule has 0 aliphatic carbocycles. The van der Waals surface area contributed by atoms with Crippen LogP contribution in [0.2, 0.25) is 0 Å². The van der Waals surface area contributed by atoms with Gasteiger partial charge in [0.2, 0.25) is 0 Å². The van der Waals surface area contributed by atoms with Crippen molar-refractivity contribution in [3.05, 3.63) is 36.4 Å². The molecule has 6 heteroatoms. The van der Waals surface area contributed by atoms with Crippen LogP contribution < -0.4 is 22.9 Å². The third-order valence-electron chi connectivity index (χ3n) is 2.50. The molecule has 8 N–H and O–H groups in total. The van der Waals surface area contributed by atoms with E-state index in [0.29, 0.717) is 34.1 Å². The molecule has 0 saturated carbocycles. The van der Waals surface area contributed by atoms with Crippen LogP contribution in [0.3, 0.4) is 0 Å². The Bertz CT molecular complexity index is 552. The molecular weight excluding hydrogens is 228 g/mol. The van der Waals surface area contributed by atoms with Gasteiger partial charge in [0.1, 0.15) is 11.4 Å². The minimum atomic E-state index is 0.392. The molecule has 0 amide bonds. The summed E-state index contributed by atoms with van der Waals surface area (Å²) in [6, 6.07) is 10.3. The van der Waals surface area contributed by atoms with Crippen LogP contribution in [-0.2, 0) is 0 Å². The first-order chi connectivity index (χ1) is 8.59. The molecule has 2 aromatic rings. The van der Waals surface area contributed by atoms with Crippen LogP contribution in [0, 0.1) is 0 Å². The second-order valence-electron chi connectivity index (χ2n) is 3.76. The van der Waals surface area contributed by atoms with Gasteiger partial charge in [0.25, 0.3) is 0 Å². The lowest BCUT2D eigenvalue weighted by Crippen LogP contribution is -1.94. The highest BCUT2D eigenvalue weighted by Gasteiger charge is 2.03. The number of hydrogen-bond acceptors (Lipinski definition) is 6. The number of benzene rings is 2. The van der Waals surface area contributed by atoms with Gasteiger partial charge >= 0.3 is 0 Å². The summed E-state index contributed by atoms with van der Waals surface area (Å²) in [7, 11) is 0. The second-order valence-corrected chi connectivity index (χ2v) is 3.76. The van der Waals surface area contributed by atoms with Crippen molar-refractivity contribution < 1.29 is 0 Å².